The van der Waals surface area contributed by atoms with Gasteiger partial charge in [-0.25, -0.2) is 0 Å². The molecule has 10 heavy (non-hydrogen) atoms. The molecule has 0 aromatic rings. The maximum atomic E-state index is 2.39. The summed E-state index contributed by atoms with van der Waals surface area (Å²) in [6.07, 6.45) is 7.34. The Morgan fingerprint density at radius 1 is 1.40 bits per heavy atom. The van der Waals surface area contributed by atoms with Crippen LogP contribution >= 0.6 is 0 Å². The largest absolute Gasteiger partial charge is 0.0880 e. The van der Waals surface area contributed by atoms with Crippen molar-refractivity contribution in [3.8, 4) is 0 Å². The zero-order valence-electron chi connectivity index (χ0n) is 7.30. The van der Waals surface area contributed by atoms with Gasteiger partial charge in [-0.1, -0.05) is 32.9 Å². The minimum atomic E-state index is 0.851. The first kappa shape index (κ1) is 7.84. The van der Waals surface area contributed by atoms with Gasteiger partial charge in [-0.05, 0) is 30.6 Å². The van der Waals surface area contributed by atoms with Crippen LogP contribution in [-0.2, 0) is 0 Å². The molecule has 0 unspecified atom stereocenters. The van der Waals surface area contributed by atoms with Crippen molar-refractivity contribution in [2.24, 2.45) is 17.8 Å². The molecule has 0 nitrogen and oxygen atoms in total. The van der Waals surface area contributed by atoms with E-state index in [-0.39, 0.29) is 0 Å². The molecule has 0 radical (unpaired) electrons. The van der Waals surface area contributed by atoms with Gasteiger partial charge in [-0.15, -0.1) is 0 Å². The van der Waals surface area contributed by atoms with Crippen molar-refractivity contribution in [3.05, 3.63) is 12.2 Å². The lowest BCUT2D eigenvalue weighted by molar-refractivity contribution is 0.284. The van der Waals surface area contributed by atoms with Crippen molar-refractivity contribution in [2.45, 2.75) is 33.6 Å². The topological polar surface area (TPSA) is 0 Å². The Bertz CT molecular complexity index is 124. The van der Waals surface area contributed by atoms with E-state index in [1.165, 1.54) is 12.8 Å². The highest BCUT2D eigenvalue weighted by Gasteiger charge is 2.21. The van der Waals surface area contributed by atoms with Crippen LogP contribution in [0.5, 0.6) is 0 Å². The fourth-order valence-electron chi connectivity index (χ4n) is 1.79. The lowest BCUT2D eigenvalue weighted by atomic mass is 9.77. The van der Waals surface area contributed by atoms with Gasteiger partial charge in [0.1, 0.15) is 0 Å². The van der Waals surface area contributed by atoms with Crippen molar-refractivity contribution in [3.63, 3.8) is 0 Å². The molecule has 0 amide bonds. The zero-order chi connectivity index (χ0) is 7.56. The summed E-state index contributed by atoms with van der Waals surface area (Å²) in [5.41, 5.74) is 0. The molecule has 0 aromatic heterocycles. The van der Waals surface area contributed by atoms with Gasteiger partial charge in [0, 0.05) is 0 Å². The maximum absolute atomic E-state index is 2.39. The molecule has 1 aliphatic carbocycles. The van der Waals surface area contributed by atoms with Crippen LogP contribution in [0.4, 0.5) is 0 Å². The van der Waals surface area contributed by atoms with E-state index in [1.54, 1.807) is 0 Å². The highest BCUT2D eigenvalue weighted by atomic mass is 14.3. The average Bonchev–Trinajstić information content (AvgIpc) is 1.95. The molecule has 0 spiro atoms. The quantitative estimate of drug-likeness (QED) is 0.488. The second-order valence-corrected chi connectivity index (χ2v) is 3.57. The van der Waals surface area contributed by atoms with Gasteiger partial charge in [0.25, 0.3) is 0 Å². The van der Waals surface area contributed by atoms with E-state index in [9.17, 15) is 0 Å². The van der Waals surface area contributed by atoms with Crippen molar-refractivity contribution in [1.29, 1.82) is 0 Å². The monoisotopic (exact) mass is 138 g/mol. The lowest BCUT2D eigenvalue weighted by Crippen LogP contribution is -2.19. The van der Waals surface area contributed by atoms with Gasteiger partial charge in [0.15, 0.2) is 0 Å². The molecule has 1 rings (SSSR count). The molecule has 0 heterocycles. The molecule has 1 aliphatic rings. The summed E-state index contributed by atoms with van der Waals surface area (Å²) in [6, 6.07) is 0. The predicted octanol–water partition coefficient (Wildman–Crippen LogP) is 3.24. The van der Waals surface area contributed by atoms with Crippen molar-refractivity contribution in [2.75, 3.05) is 0 Å². The fourth-order valence-corrected chi connectivity index (χ4v) is 1.79. The third-order valence-corrected chi connectivity index (χ3v) is 2.94. The van der Waals surface area contributed by atoms with Crippen molar-refractivity contribution < 1.29 is 0 Å². The van der Waals surface area contributed by atoms with Gasteiger partial charge in [0.05, 0.1) is 0 Å². The number of hydrogen-bond acceptors (Lipinski definition) is 0. The van der Waals surface area contributed by atoms with Crippen LogP contribution < -0.4 is 0 Å². The van der Waals surface area contributed by atoms with Crippen LogP contribution in [0.3, 0.4) is 0 Å². The van der Waals surface area contributed by atoms with E-state index in [4.69, 9.17) is 0 Å². The predicted molar refractivity (Wildman–Crippen MR) is 45.9 cm³/mol. The summed E-state index contributed by atoms with van der Waals surface area (Å²) in [5.74, 6) is 2.65. The molecule has 58 valence electrons. The summed E-state index contributed by atoms with van der Waals surface area (Å²) in [5, 5.41) is 0. The van der Waals surface area contributed by atoms with E-state index in [1.807, 2.05) is 0 Å². The Labute approximate surface area is 64.3 Å². The molecule has 0 heteroatoms. The SMILES string of the molecule is CC[C@H]1C=CC[C@H](C)[C@H]1C. The molecule has 0 aromatic carbocycles. The highest BCUT2D eigenvalue weighted by Crippen LogP contribution is 2.31. The Kier molecular flexibility index (Phi) is 2.53. The number of hydrogen-bond donors (Lipinski definition) is 0. The van der Waals surface area contributed by atoms with Gasteiger partial charge in [0.2, 0.25) is 0 Å². The molecule has 0 aliphatic heterocycles. The van der Waals surface area contributed by atoms with Crippen molar-refractivity contribution in [1.82, 2.24) is 0 Å². The zero-order valence-corrected chi connectivity index (χ0v) is 7.30. The molecular formula is C10H18. The first-order chi connectivity index (χ1) is 4.75. The molecule has 0 saturated heterocycles. The number of allylic oxidation sites excluding steroid dienone is 2. The Hall–Kier alpha value is -0.260. The molecule has 0 bridgehead atoms. The molecule has 0 fully saturated rings. The smallest absolute Gasteiger partial charge is 0.0208 e. The van der Waals surface area contributed by atoms with E-state index >= 15 is 0 Å². The second kappa shape index (κ2) is 3.23. The maximum Gasteiger partial charge on any atom is -0.0208 e. The number of rotatable bonds is 1. The minimum absolute atomic E-state index is 0.851. The third kappa shape index (κ3) is 1.42. The van der Waals surface area contributed by atoms with Crippen LogP contribution in [-0.4, -0.2) is 0 Å². The van der Waals surface area contributed by atoms with Crippen LogP contribution in [0.1, 0.15) is 33.6 Å². The fraction of sp³-hybridized carbons (Fsp3) is 0.800. The Morgan fingerprint density at radius 3 is 2.60 bits per heavy atom. The van der Waals surface area contributed by atoms with E-state index < -0.39 is 0 Å². The van der Waals surface area contributed by atoms with Crippen LogP contribution in [0.15, 0.2) is 12.2 Å². The summed E-state index contributed by atoms with van der Waals surface area (Å²) in [4.78, 5) is 0. The molecule has 3 atom stereocenters. The minimum Gasteiger partial charge on any atom is -0.0880 e. The Morgan fingerprint density at radius 2 is 2.10 bits per heavy atom. The van der Waals surface area contributed by atoms with Crippen LogP contribution in [0, 0.1) is 17.8 Å². The van der Waals surface area contributed by atoms with Crippen molar-refractivity contribution >= 4 is 0 Å². The molecule has 0 saturated carbocycles. The normalized spacial score (nSPS) is 40.1. The van der Waals surface area contributed by atoms with E-state index in [0.29, 0.717) is 0 Å². The van der Waals surface area contributed by atoms with Gasteiger partial charge < -0.3 is 0 Å². The molecule has 0 N–H and O–H groups in total. The second-order valence-electron chi connectivity index (χ2n) is 3.57. The summed E-state index contributed by atoms with van der Waals surface area (Å²) in [7, 11) is 0. The summed E-state index contributed by atoms with van der Waals surface area (Å²) in [6.45, 7) is 7.02. The lowest BCUT2D eigenvalue weighted by Gasteiger charge is -2.28. The molecular weight excluding hydrogens is 120 g/mol. The van der Waals surface area contributed by atoms with E-state index in [2.05, 4.69) is 32.9 Å². The van der Waals surface area contributed by atoms with Crippen LogP contribution in [0.2, 0.25) is 0 Å². The average molecular weight is 138 g/mol. The summed E-state index contributed by atoms with van der Waals surface area (Å²) >= 11 is 0. The highest BCUT2D eigenvalue weighted by molar-refractivity contribution is 4.97. The third-order valence-electron chi connectivity index (χ3n) is 2.94. The van der Waals surface area contributed by atoms with Gasteiger partial charge in [-0.2, -0.15) is 0 Å². The first-order valence-corrected chi connectivity index (χ1v) is 4.42. The van der Waals surface area contributed by atoms with Gasteiger partial charge >= 0.3 is 0 Å². The Balaban J connectivity index is 2.57. The first-order valence-electron chi connectivity index (χ1n) is 4.42. The van der Waals surface area contributed by atoms with Crippen LogP contribution in [0.25, 0.3) is 0 Å². The standard InChI is InChI=1S/C10H18/c1-4-10-7-5-6-8(2)9(10)3/h5,7-10H,4,6H2,1-3H3/t8-,9+,10-/m0/s1. The van der Waals surface area contributed by atoms with Gasteiger partial charge in [-0.3, -0.25) is 0 Å². The summed E-state index contributed by atoms with van der Waals surface area (Å²) < 4.78 is 0. The van der Waals surface area contributed by atoms with E-state index in [0.717, 1.165) is 17.8 Å².